The lowest BCUT2D eigenvalue weighted by Gasteiger charge is -2.27. The number of rotatable bonds is 6. The van der Waals surface area contributed by atoms with Crippen LogP contribution in [0.15, 0.2) is 0 Å². The first kappa shape index (κ1) is 13.7. The number of hydrogen-bond donors (Lipinski definition) is 1. The second kappa shape index (κ2) is 6.39. The Labute approximate surface area is 100 Å². The van der Waals surface area contributed by atoms with Crippen LogP contribution in [0.5, 0.6) is 0 Å². The lowest BCUT2D eigenvalue weighted by Crippen LogP contribution is -2.34. The lowest BCUT2D eigenvalue weighted by atomic mass is 9.86. The SMILES string of the molecule is CCCC(C)(C)CNCC1CCC(=O)CC1. The summed E-state index contributed by atoms with van der Waals surface area (Å²) in [6.45, 7) is 9.10. The summed E-state index contributed by atoms with van der Waals surface area (Å²) in [5, 5.41) is 3.58. The topological polar surface area (TPSA) is 29.1 Å². The van der Waals surface area contributed by atoms with Crippen LogP contribution in [0.3, 0.4) is 0 Å². The van der Waals surface area contributed by atoms with Crippen molar-refractivity contribution in [3.8, 4) is 0 Å². The van der Waals surface area contributed by atoms with Gasteiger partial charge in [0.25, 0.3) is 0 Å². The Bertz CT molecular complexity index is 213. The summed E-state index contributed by atoms with van der Waals surface area (Å²) in [7, 11) is 0. The molecule has 1 aliphatic rings. The fourth-order valence-electron chi connectivity index (χ4n) is 2.58. The van der Waals surface area contributed by atoms with Crippen molar-refractivity contribution in [2.45, 2.75) is 59.3 Å². The van der Waals surface area contributed by atoms with E-state index in [-0.39, 0.29) is 0 Å². The van der Waals surface area contributed by atoms with Crippen LogP contribution >= 0.6 is 0 Å². The Morgan fingerprint density at radius 3 is 2.50 bits per heavy atom. The maximum atomic E-state index is 11.1. The number of hydrogen-bond acceptors (Lipinski definition) is 2. The number of carbonyl (C=O) groups excluding carboxylic acids is 1. The minimum atomic E-state index is 0.416. The van der Waals surface area contributed by atoms with Crippen LogP contribution in [-0.4, -0.2) is 18.9 Å². The highest BCUT2D eigenvalue weighted by Crippen LogP contribution is 2.23. The highest BCUT2D eigenvalue weighted by Gasteiger charge is 2.20. The molecule has 0 aliphatic heterocycles. The van der Waals surface area contributed by atoms with E-state index in [1.165, 1.54) is 12.8 Å². The van der Waals surface area contributed by atoms with E-state index in [0.717, 1.165) is 44.7 Å². The van der Waals surface area contributed by atoms with Crippen molar-refractivity contribution in [3.05, 3.63) is 0 Å². The molecule has 1 N–H and O–H groups in total. The highest BCUT2D eigenvalue weighted by atomic mass is 16.1. The fourth-order valence-corrected chi connectivity index (χ4v) is 2.58. The quantitative estimate of drug-likeness (QED) is 0.752. The summed E-state index contributed by atoms with van der Waals surface area (Å²) in [6.07, 6.45) is 6.35. The number of Topliss-reactive ketones (excluding diaryl/α,β-unsaturated/α-hetero) is 1. The standard InChI is InChI=1S/C14H27NO/c1-4-9-14(2,3)11-15-10-12-5-7-13(16)8-6-12/h12,15H,4-11H2,1-3H3. The van der Waals surface area contributed by atoms with Crippen molar-refractivity contribution in [2.24, 2.45) is 11.3 Å². The van der Waals surface area contributed by atoms with Crippen LogP contribution in [-0.2, 0) is 4.79 Å². The van der Waals surface area contributed by atoms with Gasteiger partial charge in [-0.25, -0.2) is 0 Å². The molecule has 0 aromatic carbocycles. The predicted octanol–water partition coefficient (Wildman–Crippen LogP) is 3.16. The van der Waals surface area contributed by atoms with Gasteiger partial charge in [0, 0.05) is 19.4 Å². The zero-order chi connectivity index (χ0) is 12.0. The number of carbonyl (C=O) groups is 1. The van der Waals surface area contributed by atoms with E-state index in [1.807, 2.05) is 0 Å². The summed E-state index contributed by atoms with van der Waals surface area (Å²) in [5.41, 5.74) is 0.416. The van der Waals surface area contributed by atoms with E-state index in [9.17, 15) is 4.79 Å². The van der Waals surface area contributed by atoms with E-state index < -0.39 is 0 Å². The van der Waals surface area contributed by atoms with Gasteiger partial charge >= 0.3 is 0 Å². The van der Waals surface area contributed by atoms with Crippen LogP contribution in [0.1, 0.15) is 59.3 Å². The molecule has 1 saturated carbocycles. The van der Waals surface area contributed by atoms with Gasteiger partial charge in [-0.2, -0.15) is 0 Å². The normalized spacial score (nSPS) is 19.1. The zero-order valence-corrected chi connectivity index (χ0v) is 11.1. The molecule has 1 aliphatic carbocycles. The average Bonchev–Trinajstić information content (AvgIpc) is 2.20. The van der Waals surface area contributed by atoms with Crippen LogP contribution in [0.2, 0.25) is 0 Å². The molecule has 1 fully saturated rings. The molecule has 0 radical (unpaired) electrons. The summed E-state index contributed by atoms with van der Waals surface area (Å²) in [6, 6.07) is 0. The molecule has 0 unspecified atom stereocenters. The van der Waals surface area contributed by atoms with Gasteiger partial charge in [0.2, 0.25) is 0 Å². The molecule has 0 amide bonds. The van der Waals surface area contributed by atoms with Crippen molar-refractivity contribution in [1.29, 1.82) is 0 Å². The second-order valence-electron chi connectivity index (χ2n) is 6.03. The van der Waals surface area contributed by atoms with Gasteiger partial charge in [0.15, 0.2) is 0 Å². The van der Waals surface area contributed by atoms with Crippen molar-refractivity contribution in [1.82, 2.24) is 5.32 Å². The van der Waals surface area contributed by atoms with E-state index >= 15 is 0 Å². The molecule has 0 bridgehead atoms. The number of nitrogens with one attached hydrogen (secondary N) is 1. The van der Waals surface area contributed by atoms with Crippen molar-refractivity contribution in [3.63, 3.8) is 0 Å². The Hall–Kier alpha value is -0.370. The first-order valence-electron chi connectivity index (χ1n) is 6.76. The van der Waals surface area contributed by atoms with E-state index in [1.54, 1.807) is 0 Å². The van der Waals surface area contributed by atoms with E-state index in [0.29, 0.717) is 11.2 Å². The van der Waals surface area contributed by atoms with Crippen LogP contribution in [0.25, 0.3) is 0 Å². The molecule has 0 spiro atoms. The van der Waals surface area contributed by atoms with Gasteiger partial charge < -0.3 is 5.32 Å². The molecule has 0 saturated heterocycles. The zero-order valence-electron chi connectivity index (χ0n) is 11.1. The highest BCUT2D eigenvalue weighted by molar-refractivity contribution is 5.79. The largest absolute Gasteiger partial charge is 0.316 e. The predicted molar refractivity (Wildman–Crippen MR) is 68.5 cm³/mol. The smallest absolute Gasteiger partial charge is 0.132 e. The van der Waals surface area contributed by atoms with Crippen LogP contribution < -0.4 is 5.32 Å². The maximum absolute atomic E-state index is 11.1. The molecule has 0 aromatic heterocycles. The van der Waals surface area contributed by atoms with Crippen LogP contribution in [0, 0.1) is 11.3 Å². The molecule has 0 aromatic rings. The minimum absolute atomic E-state index is 0.416. The third-order valence-electron chi connectivity index (χ3n) is 3.63. The molecular formula is C14H27NO. The summed E-state index contributed by atoms with van der Waals surface area (Å²) >= 11 is 0. The molecule has 1 rings (SSSR count). The first-order valence-corrected chi connectivity index (χ1v) is 6.76. The lowest BCUT2D eigenvalue weighted by molar-refractivity contribution is -0.120. The summed E-state index contributed by atoms with van der Waals surface area (Å²) in [4.78, 5) is 11.1. The average molecular weight is 225 g/mol. The number of ketones is 1. The van der Waals surface area contributed by atoms with Crippen LogP contribution in [0.4, 0.5) is 0 Å². The Balaban J connectivity index is 2.13. The second-order valence-corrected chi connectivity index (χ2v) is 6.03. The van der Waals surface area contributed by atoms with E-state index in [4.69, 9.17) is 0 Å². The van der Waals surface area contributed by atoms with Gasteiger partial charge in [-0.05, 0) is 37.1 Å². The molecule has 2 heteroatoms. The first-order chi connectivity index (χ1) is 7.53. The maximum Gasteiger partial charge on any atom is 0.132 e. The Morgan fingerprint density at radius 1 is 1.31 bits per heavy atom. The van der Waals surface area contributed by atoms with Gasteiger partial charge in [0.05, 0.1) is 0 Å². The van der Waals surface area contributed by atoms with Gasteiger partial charge in [-0.3, -0.25) is 4.79 Å². The summed E-state index contributed by atoms with van der Waals surface area (Å²) in [5.74, 6) is 1.19. The van der Waals surface area contributed by atoms with Gasteiger partial charge in [-0.15, -0.1) is 0 Å². The Morgan fingerprint density at radius 2 is 1.94 bits per heavy atom. The van der Waals surface area contributed by atoms with Gasteiger partial charge in [0.1, 0.15) is 5.78 Å². The van der Waals surface area contributed by atoms with Crippen molar-refractivity contribution >= 4 is 5.78 Å². The molecule has 94 valence electrons. The molecule has 0 atom stereocenters. The molecule has 16 heavy (non-hydrogen) atoms. The third-order valence-corrected chi connectivity index (χ3v) is 3.63. The van der Waals surface area contributed by atoms with Crippen molar-refractivity contribution in [2.75, 3.05) is 13.1 Å². The van der Waals surface area contributed by atoms with Crippen molar-refractivity contribution < 1.29 is 4.79 Å². The minimum Gasteiger partial charge on any atom is -0.316 e. The Kier molecular flexibility index (Phi) is 5.47. The monoisotopic (exact) mass is 225 g/mol. The molecule has 0 heterocycles. The fraction of sp³-hybridized carbons (Fsp3) is 0.929. The van der Waals surface area contributed by atoms with Gasteiger partial charge in [-0.1, -0.05) is 27.2 Å². The molecular weight excluding hydrogens is 198 g/mol. The van der Waals surface area contributed by atoms with E-state index in [2.05, 4.69) is 26.1 Å². The molecule has 2 nitrogen and oxygen atoms in total. The summed E-state index contributed by atoms with van der Waals surface area (Å²) < 4.78 is 0. The third kappa shape index (κ3) is 5.11.